The molecule has 1 fully saturated rings. The van der Waals surface area contributed by atoms with Crippen molar-refractivity contribution in [2.75, 3.05) is 6.54 Å². The summed E-state index contributed by atoms with van der Waals surface area (Å²) in [6, 6.07) is 0.890. The molecular formula is C11H22N2O3. The Kier molecular flexibility index (Phi) is 5.18. The van der Waals surface area contributed by atoms with Crippen LogP contribution in [0.25, 0.3) is 0 Å². The molecule has 0 spiro atoms. The lowest BCUT2D eigenvalue weighted by atomic mass is 10.00. The number of rotatable bonds is 5. The summed E-state index contributed by atoms with van der Waals surface area (Å²) in [5, 5.41) is 20.1. The first-order valence-electron chi connectivity index (χ1n) is 5.92. The van der Waals surface area contributed by atoms with Crippen molar-refractivity contribution in [1.29, 1.82) is 0 Å². The molecule has 5 nitrogen and oxygen atoms in total. The molecule has 5 heteroatoms. The normalized spacial score (nSPS) is 28.9. The topological polar surface area (TPSA) is 72.8 Å². The van der Waals surface area contributed by atoms with Crippen molar-refractivity contribution in [2.45, 2.75) is 57.7 Å². The molecule has 0 saturated carbocycles. The number of aliphatic hydroxyl groups is 1. The highest BCUT2D eigenvalue weighted by molar-refractivity contribution is 5.67. The van der Waals surface area contributed by atoms with E-state index in [2.05, 4.69) is 24.3 Å². The lowest BCUT2D eigenvalue weighted by Gasteiger charge is -2.39. The number of carboxylic acids is 1. The molecule has 0 aromatic carbocycles. The lowest BCUT2D eigenvalue weighted by Crippen LogP contribution is -2.53. The zero-order valence-corrected chi connectivity index (χ0v) is 10.0. The fourth-order valence-corrected chi connectivity index (χ4v) is 2.22. The van der Waals surface area contributed by atoms with E-state index in [0.717, 1.165) is 12.8 Å². The second-order valence-corrected chi connectivity index (χ2v) is 4.65. The van der Waals surface area contributed by atoms with Gasteiger partial charge in [-0.05, 0) is 26.7 Å². The van der Waals surface area contributed by atoms with Crippen molar-refractivity contribution < 1.29 is 15.0 Å². The summed E-state index contributed by atoms with van der Waals surface area (Å²) in [7, 11) is 0. The van der Waals surface area contributed by atoms with E-state index in [4.69, 9.17) is 5.11 Å². The molecule has 0 amide bonds. The summed E-state index contributed by atoms with van der Waals surface area (Å²) < 4.78 is 0. The second-order valence-electron chi connectivity index (χ2n) is 4.65. The van der Waals surface area contributed by atoms with Crippen LogP contribution in [-0.2, 0) is 4.79 Å². The van der Waals surface area contributed by atoms with Crippen LogP contribution in [0.3, 0.4) is 0 Å². The number of aliphatic carboxylic acids is 1. The Hall–Kier alpha value is -0.650. The monoisotopic (exact) mass is 230 g/mol. The quantitative estimate of drug-likeness (QED) is 0.644. The van der Waals surface area contributed by atoms with Gasteiger partial charge in [-0.3, -0.25) is 10.2 Å². The third-order valence-corrected chi connectivity index (χ3v) is 3.11. The van der Waals surface area contributed by atoms with E-state index in [0.29, 0.717) is 18.6 Å². The van der Waals surface area contributed by atoms with Gasteiger partial charge < -0.3 is 10.2 Å². The number of hydrogen-bond acceptors (Lipinski definition) is 4. The van der Waals surface area contributed by atoms with Crippen molar-refractivity contribution in [3.05, 3.63) is 0 Å². The molecule has 16 heavy (non-hydrogen) atoms. The van der Waals surface area contributed by atoms with Crippen molar-refractivity contribution in [3.8, 4) is 0 Å². The summed E-state index contributed by atoms with van der Waals surface area (Å²) in [4.78, 5) is 10.4. The van der Waals surface area contributed by atoms with Crippen molar-refractivity contribution in [3.63, 3.8) is 0 Å². The van der Waals surface area contributed by atoms with Gasteiger partial charge >= 0.3 is 5.97 Å². The minimum atomic E-state index is -0.964. The summed E-state index contributed by atoms with van der Waals surface area (Å²) in [6.45, 7) is 4.60. The molecule has 3 atom stereocenters. The van der Waals surface area contributed by atoms with Crippen LogP contribution in [-0.4, -0.2) is 45.9 Å². The van der Waals surface area contributed by atoms with Gasteiger partial charge in [-0.15, -0.1) is 0 Å². The molecule has 3 unspecified atom stereocenters. The van der Waals surface area contributed by atoms with Gasteiger partial charge in [-0.2, -0.15) is 0 Å². The van der Waals surface area contributed by atoms with E-state index >= 15 is 0 Å². The summed E-state index contributed by atoms with van der Waals surface area (Å²) >= 11 is 0. The molecule has 0 aromatic heterocycles. The van der Waals surface area contributed by atoms with E-state index < -0.39 is 12.1 Å². The van der Waals surface area contributed by atoms with E-state index in [9.17, 15) is 9.90 Å². The first-order chi connectivity index (χ1) is 7.50. The number of carbonyl (C=O) groups is 1. The number of hydrogen-bond donors (Lipinski definition) is 3. The molecule has 0 aliphatic carbocycles. The van der Waals surface area contributed by atoms with E-state index in [1.807, 2.05) is 0 Å². The maximum absolute atomic E-state index is 10.4. The first kappa shape index (κ1) is 13.4. The van der Waals surface area contributed by atoms with Gasteiger partial charge in [0.2, 0.25) is 0 Å². The van der Waals surface area contributed by atoms with Gasteiger partial charge in [0.15, 0.2) is 0 Å². The van der Waals surface area contributed by atoms with Crippen LogP contribution >= 0.6 is 0 Å². The van der Waals surface area contributed by atoms with E-state index in [1.54, 1.807) is 0 Å². The standard InChI is InChI=1S/C11H22N2O3/c1-8-4-3-5-9(2)13(8)12-7-10(14)6-11(15)16/h8-10,12,14H,3-7H2,1-2H3,(H,15,16). The predicted octanol–water partition coefficient (Wildman–Crippen LogP) is 0.589. The third kappa shape index (κ3) is 4.08. The van der Waals surface area contributed by atoms with Crippen LogP contribution < -0.4 is 5.43 Å². The minimum Gasteiger partial charge on any atom is -0.481 e. The maximum Gasteiger partial charge on any atom is 0.306 e. The largest absolute Gasteiger partial charge is 0.481 e. The molecule has 0 radical (unpaired) electrons. The van der Waals surface area contributed by atoms with Gasteiger partial charge in [-0.25, -0.2) is 5.01 Å². The number of aliphatic hydroxyl groups excluding tert-OH is 1. The van der Waals surface area contributed by atoms with Gasteiger partial charge in [0.25, 0.3) is 0 Å². The third-order valence-electron chi connectivity index (χ3n) is 3.11. The number of nitrogens with one attached hydrogen (secondary N) is 1. The zero-order chi connectivity index (χ0) is 12.1. The Morgan fingerprint density at radius 3 is 2.50 bits per heavy atom. The Morgan fingerprint density at radius 2 is 2.00 bits per heavy atom. The number of carboxylic acid groups (broad SMARTS) is 1. The maximum atomic E-state index is 10.4. The molecule has 0 bridgehead atoms. The Morgan fingerprint density at radius 1 is 1.44 bits per heavy atom. The Bertz CT molecular complexity index is 225. The molecule has 1 aliphatic rings. The van der Waals surface area contributed by atoms with Crippen LogP contribution in [0.5, 0.6) is 0 Å². The SMILES string of the molecule is CC1CCCC(C)N1NCC(O)CC(=O)O. The predicted molar refractivity (Wildman–Crippen MR) is 60.9 cm³/mol. The fourth-order valence-electron chi connectivity index (χ4n) is 2.22. The molecule has 1 heterocycles. The molecule has 0 aromatic rings. The highest BCUT2D eigenvalue weighted by atomic mass is 16.4. The number of piperidine rings is 1. The van der Waals surface area contributed by atoms with Crippen LogP contribution in [0.2, 0.25) is 0 Å². The minimum absolute atomic E-state index is 0.205. The van der Waals surface area contributed by atoms with E-state index in [1.165, 1.54) is 6.42 Å². The molecule has 1 rings (SSSR count). The lowest BCUT2D eigenvalue weighted by molar-refractivity contribution is -0.139. The molecule has 1 saturated heterocycles. The number of hydrazine groups is 1. The molecule has 1 aliphatic heterocycles. The zero-order valence-electron chi connectivity index (χ0n) is 10.0. The fraction of sp³-hybridized carbons (Fsp3) is 0.909. The van der Waals surface area contributed by atoms with Crippen molar-refractivity contribution >= 4 is 5.97 Å². The van der Waals surface area contributed by atoms with Crippen LogP contribution in [0.15, 0.2) is 0 Å². The average Bonchev–Trinajstić information content (AvgIpc) is 2.15. The molecular weight excluding hydrogens is 208 g/mol. The van der Waals surface area contributed by atoms with Crippen LogP contribution in [0.1, 0.15) is 39.5 Å². The van der Waals surface area contributed by atoms with Crippen molar-refractivity contribution in [1.82, 2.24) is 10.4 Å². The van der Waals surface area contributed by atoms with Gasteiger partial charge in [0, 0.05) is 18.6 Å². The van der Waals surface area contributed by atoms with Gasteiger partial charge in [-0.1, -0.05) is 6.42 Å². The van der Waals surface area contributed by atoms with Crippen molar-refractivity contribution in [2.24, 2.45) is 0 Å². The summed E-state index contributed by atoms with van der Waals surface area (Å²) in [5.41, 5.74) is 3.15. The Labute approximate surface area is 96.4 Å². The molecule has 3 N–H and O–H groups in total. The smallest absolute Gasteiger partial charge is 0.306 e. The van der Waals surface area contributed by atoms with Gasteiger partial charge in [0.05, 0.1) is 12.5 Å². The highest BCUT2D eigenvalue weighted by Gasteiger charge is 2.24. The molecule has 94 valence electrons. The average molecular weight is 230 g/mol. The van der Waals surface area contributed by atoms with Crippen LogP contribution in [0, 0.1) is 0 Å². The number of nitrogens with zero attached hydrogens (tertiary/aromatic N) is 1. The summed E-state index contributed by atoms with van der Waals surface area (Å²) in [6.07, 6.45) is 2.50. The van der Waals surface area contributed by atoms with E-state index in [-0.39, 0.29) is 6.42 Å². The second kappa shape index (κ2) is 6.18. The Balaban J connectivity index is 2.32. The highest BCUT2D eigenvalue weighted by Crippen LogP contribution is 2.20. The first-order valence-corrected chi connectivity index (χ1v) is 5.92. The van der Waals surface area contributed by atoms with Gasteiger partial charge in [0.1, 0.15) is 0 Å². The van der Waals surface area contributed by atoms with Crippen LogP contribution in [0.4, 0.5) is 0 Å². The summed E-state index contributed by atoms with van der Waals surface area (Å²) in [5.74, 6) is -0.964.